The third-order valence-corrected chi connectivity index (χ3v) is 15.5. The minimum atomic E-state index is -1.89. The van der Waals surface area contributed by atoms with Crippen molar-refractivity contribution in [2.24, 2.45) is 5.92 Å². The van der Waals surface area contributed by atoms with Crippen molar-refractivity contribution in [1.29, 1.82) is 0 Å². The van der Waals surface area contributed by atoms with Crippen LogP contribution in [-0.4, -0.2) is 34.6 Å². The van der Waals surface area contributed by atoms with Crippen molar-refractivity contribution in [2.75, 3.05) is 0 Å². The molecule has 5 heteroatoms. The summed E-state index contributed by atoms with van der Waals surface area (Å²) in [5.74, 6) is 0.284. The van der Waals surface area contributed by atoms with E-state index in [1.807, 2.05) is 6.92 Å². The van der Waals surface area contributed by atoms with Crippen molar-refractivity contribution >= 4 is 22.4 Å². The highest BCUT2D eigenvalue weighted by atomic mass is 28.4. The van der Waals surface area contributed by atoms with E-state index < -0.39 is 16.6 Å². The van der Waals surface area contributed by atoms with E-state index in [2.05, 4.69) is 67.7 Å². The molecule has 0 aromatic carbocycles. The predicted octanol–water partition coefficient (Wildman–Crippen LogP) is 5.77. The molecule has 142 valence electrons. The zero-order valence-corrected chi connectivity index (χ0v) is 19.9. The van der Waals surface area contributed by atoms with Crippen LogP contribution in [-0.2, 0) is 13.6 Å². The lowest BCUT2D eigenvalue weighted by molar-refractivity contribution is -0.132. The van der Waals surface area contributed by atoms with Gasteiger partial charge in [-0.05, 0) is 42.7 Å². The Labute approximate surface area is 152 Å². The van der Waals surface area contributed by atoms with Gasteiger partial charge in [-0.25, -0.2) is 0 Å². The first-order valence-electron chi connectivity index (χ1n) is 9.36. The fourth-order valence-corrected chi connectivity index (χ4v) is 5.33. The van der Waals surface area contributed by atoms with Crippen LogP contribution in [0.5, 0.6) is 0 Å². The Balaban J connectivity index is 2.91. The largest absolute Gasteiger partial charge is 0.413 e. The lowest BCUT2D eigenvalue weighted by atomic mass is 9.85. The van der Waals surface area contributed by atoms with Crippen LogP contribution >= 0.6 is 0 Å². The van der Waals surface area contributed by atoms with Gasteiger partial charge in [0.2, 0.25) is 0 Å². The summed E-state index contributed by atoms with van der Waals surface area (Å²) in [6.07, 6.45) is 1.42. The highest BCUT2D eigenvalue weighted by Crippen LogP contribution is 2.42. The monoisotopic (exact) mass is 372 g/mol. The molecule has 24 heavy (non-hydrogen) atoms. The third kappa shape index (κ3) is 5.02. The van der Waals surface area contributed by atoms with Crippen LogP contribution in [0.2, 0.25) is 36.3 Å². The summed E-state index contributed by atoms with van der Waals surface area (Å²) in [6, 6.07) is 0. The molecule has 1 saturated carbocycles. The van der Waals surface area contributed by atoms with E-state index in [4.69, 9.17) is 8.85 Å². The zero-order valence-electron chi connectivity index (χ0n) is 17.9. The smallest absolute Gasteiger partial charge is 0.192 e. The Morgan fingerprint density at radius 2 is 1.29 bits per heavy atom. The molecule has 0 aromatic heterocycles. The second kappa shape index (κ2) is 6.97. The number of rotatable bonds is 4. The summed E-state index contributed by atoms with van der Waals surface area (Å²) in [4.78, 5) is 12.6. The van der Waals surface area contributed by atoms with E-state index in [1.165, 1.54) is 0 Å². The van der Waals surface area contributed by atoms with Crippen LogP contribution in [0.1, 0.15) is 61.3 Å². The highest BCUT2D eigenvalue weighted by molar-refractivity contribution is 6.74. The second-order valence-electron chi connectivity index (χ2n) is 10.6. The molecule has 0 saturated heterocycles. The van der Waals surface area contributed by atoms with Crippen LogP contribution < -0.4 is 0 Å². The maximum absolute atomic E-state index is 12.6. The van der Waals surface area contributed by atoms with Crippen molar-refractivity contribution in [3.63, 3.8) is 0 Å². The third-order valence-electron chi connectivity index (χ3n) is 6.51. The minimum Gasteiger partial charge on any atom is -0.413 e. The fraction of sp³-hybridized carbons (Fsp3) is 0.947. The highest BCUT2D eigenvalue weighted by Gasteiger charge is 2.46. The minimum absolute atomic E-state index is 0.00177. The molecule has 0 radical (unpaired) electrons. The van der Waals surface area contributed by atoms with Crippen molar-refractivity contribution in [2.45, 2.75) is 110 Å². The second-order valence-corrected chi connectivity index (χ2v) is 20.1. The SMILES string of the molecule is CC1C(=O)C[C@@H](O[Si](C)(C)C(C)(C)C)C[C@@H]1O[Si](C)(C)C(C)(C)C. The van der Waals surface area contributed by atoms with E-state index >= 15 is 0 Å². The van der Waals surface area contributed by atoms with Crippen molar-refractivity contribution in [3.05, 3.63) is 0 Å². The summed E-state index contributed by atoms with van der Waals surface area (Å²) >= 11 is 0. The van der Waals surface area contributed by atoms with Gasteiger partial charge >= 0.3 is 0 Å². The van der Waals surface area contributed by atoms with Gasteiger partial charge in [0, 0.05) is 12.3 Å². The van der Waals surface area contributed by atoms with Gasteiger partial charge < -0.3 is 8.85 Å². The Kier molecular flexibility index (Phi) is 6.41. The van der Waals surface area contributed by atoms with Gasteiger partial charge in [0.1, 0.15) is 5.78 Å². The number of hydrogen-bond acceptors (Lipinski definition) is 3. The van der Waals surface area contributed by atoms with Gasteiger partial charge in [-0.3, -0.25) is 4.79 Å². The number of Topliss-reactive ketones (excluding diaryl/α,β-unsaturated/α-hetero) is 1. The molecule has 1 aliphatic rings. The van der Waals surface area contributed by atoms with Gasteiger partial charge in [0.15, 0.2) is 16.6 Å². The first kappa shape index (κ1) is 22.1. The molecule has 0 N–H and O–H groups in total. The van der Waals surface area contributed by atoms with E-state index in [0.29, 0.717) is 12.2 Å². The molecule has 0 heterocycles. The first-order chi connectivity index (χ1) is 10.5. The number of ketones is 1. The predicted molar refractivity (Wildman–Crippen MR) is 108 cm³/mol. The molecule has 0 aromatic rings. The molecule has 0 aliphatic heterocycles. The van der Waals surface area contributed by atoms with Crippen molar-refractivity contribution in [3.8, 4) is 0 Å². The van der Waals surface area contributed by atoms with E-state index in [1.54, 1.807) is 0 Å². The average molecular weight is 373 g/mol. The summed E-state index contributed by atoms with van der Waals surface area (Å²) in [6.45, 7) is 24.6. The fourth-order valence-electron chi connectivity index (χ4n) is 2.55. The normalized spacial score (nSPS) is 27.5. The van der Waals surface area contributed by atoms with Crippen LogP contribution in [0.25, 0.3) is 0 Å². The molecule has 0 bridgehead atoms. The van der Waals surface area contributed by atoms with Crippen molar-refractivity contribution in [1.82, 2.24) is 0 Å². The molecular formula is C19H40O3Si2. The number of hydrogen-bond donors (Lipinski definition) is 0. The zero-order chi connectivity index (χ0) is 19.1. The maximum Gasteiger partial charge on any atom is 0.192 e. The summed E-state index contributed by atoms with van der Waals surface area (Å²) < 4.78 is 13.2. The Hall–Kier alpha value is 0.0238. The van der Waals surface area contributed by atoms with Gasteiger partial charge in [-0.15, -0.1) is 0 Å². The number of carbonyl (C=O) groups excluding carboxylic acids is 1. The molecule has 0 amide bonds. The first-order valence-corrected chi connectivity index (χ1v) is 15.2. The molecule has 1 fully saturated rings. The molecular weight excluding hydrogens is 332 g/mol. The maximum atomic E-state index is 12.6. The van der Waals surface area contributed by atoms with Crippen LogP contribution in [0.4, 0.5) is 0 Å². The molecule has 0 spiro atoms. The molecule has 1 unspecified atom stereocenters. The Morgan fingerprint density at radius 1 is 0.875 bits per heavy atom. The Morgan fingerprint density at radius 3 is 1.71 bits per heavy atom. The molecule has 3 atom stereocenters. The van der Waals surface area contributed by atoms with Gasteiger partial charge in [0.05, 0.1) is 12.2 Å². The van der Waals surface area contributed by atoms with E-state index in [0.717, 1.165) is 6.42 Å². The standard InChI is InChI=1S/C19H40O3Si2/c1-14-16(20)12-15(21-23(8,9)18(2,3)4)13-17(14)22-24(10,11)19(5,6)7/h14-15,17H,12-13H2,1-11H3/t14?,15-,17+/m1/s1. The molecule has 3 nitrogen and oxygen atoms in total. The molecule has 1 rings (SSSR count). The Bertz CT molecular complexity index is 458. The van der Waals surface area contributed by atoms with Gasteiger partial charge in [-0.2, -0.15) is 0 Å². The van der Waals surface area contributed by atoms with E-state index in [-0.39, 0.29) is 28.2 Å². The summed E-state index contributed by atoms with van der Waals surface area (Å²) in [5, 5.41) is 0.317. The van der Waals surface area contributed by atoms with Crippen LogP contribution in [0.15, 0.2) is 0 Å². The topological polar surface area (TPSA) is 35.5 Å². The lowest BCUT2D eigenvalue weighted by Crippen LogP contribution is -2.52. The average Bonchev–Trinajstić information content (AvgIpc) is 2.31. The van der Waals surface area contributed by atoms with Crippen LogP contribution in [0, 0.1) is 5.92 Å². The van der Waals surface area contributed by atoms with Gasteiger partial charge in [0.25, 0.3) is 0 Å². The summed E-state index contributed by atoms with van der Waals surface area (Å²) in [5.41, 5.74) is 0. The van der Waals surface area contributed by atoms with Gasteiger partial charge in [-0.1, -0.05) is 48.5 Å². The molecule has 1 aliphatic carbocycles. The number of carbonyl (C=O) groups is 1. The quantitative estimate of drug-likeness (QED) is 0.588. The van der Waals surface area contributed by atoms with Crippen molar-refractivity contribution < 1.29 is 13.6 Å². The van der Waals surface area contributed by atoms with E-state index in [9.17, 15) is 4.79 Å². The lowest BCUT2D eigenvalue weighted by Gasteiger charge is -2.45. The summed E-state index contributed by atoms with van der Waals surface area (Å²) in [7, 11) is -3.75. The van der Waals surface area contributed by atoms with Crippen LogP contribution in [0.3, 0.4) is 0 Å².